The zero-order valence-electron chi connectivity index (χ0n) is 13.0. The van der Waals surface area contributed by atoms with Crippen LogP contribution in [0.15, 0.2) is 61.2 Å². The van der Waals surface area contributed by atoms with Gasteiger partial charge in [0.2, 0.25) is 0 Å². The molecule has 1 aliphatic heterocycles. The molecule has 0 fully saturated rings. The van der Waals surface area contributed by atoms with Crippen molar-refractivity contribution in [2.45, 2.75) is 12.5 Å². The van der Waals surface area contributed by atoms with Crippen molar-refractivity contribution in [2.75, 3.05) is 0 Å². The van der Waals surface area contributed by atoms with Crippen LogP contribution in [-0.4, -0.2) is 5.11 Å². The predicted molar refractivity (Wildman–Crippen MR) is 92.8 cm³/mol. The monoisotopic (exact) mass is 316 g/mol. The topological polar surface area (TPSA) is 77.0 Å². The van der Waals surface area contributed by atoms with Gasteiger partial charge in [0.25, 0.3) is 0 Å². The normalized spacial score (nSPS) is 14.0. The zero-order valence-corrected chi connectivity index (χ0v) is 13.0. The van der Waals surface area contributed by atoms with Gasteiger partial charge in [-0.3, -0.25) is 0 Å². The first kappa shape index (κ1) is 16.9. The molecule has 0 bridgehead atoms. The summed E-state index contributed by atoms with van der Waals surface area (Å²) in [6.07, 6.45) is 3.83. The largest absolute Gasteiger partial charge is 0.508 e. The molecule has 2 aromatic carbocycles. The standard InChI is InChI=1S/C17H14O2.C3H2N2/c1-12(18)14-7-3-4-8-15(14)17-11-10-13-6-2-5-9-16(13)19-17;4-2-1-3-5/h2-11,17-18H,1H2;1H2. The molecule has 1 unspecified atom stereocenters. The molecule has 0 amide bonds. The second kappa shape index (κ2) is 8.22. The molecule has 24 heavy (non-hydrogen) atoms. The van der Waals surface area contributed by atoms with E-state index in [1.165, 1.54) is 0 Å². The fraction of sp³-hybridized carbons (Fsp3) is 0.100. The van der Waals surface area contributed by atoms with E-state index in [-0.39, 0.29) is 18.3 Å². The highest BCUT2D eigenvalue weighted by molar-refractivity contribution is 5.64. The second-order valence-corrected chi connectivity index (χ2v) is 4.96. The molecule has 3 rings (SSSR count). The van der Waals surface area contributed by atoms with Crippen molar-refractivity contribution in [3.8, 4) is 17.9 Å². The van der Waals surface area contributed by atoms with Gasteiger partial charge in [0.1, 0.15) is 24.0 Å². The lowest BCUT2D eigenvalue weighted by Crippen LogP contribution is -2.10. The molecule has 0 aliphatic carbocycles. The first-order valence-corrected chi connectivity index (χ1v) is 7.32. The Hall–Kier alpha value is -3.50. The SMILES string of the molecule is C=C(O)c1ccccc1C1C=Cc2ccccc2O1.N#CCC#N. The summed E-state index contributed by atoms with van der Waals surface area (Å²) in [6, 6.07) is 18.8. The third kappa shape index (κ3) is 4.03. The molecule has 2 aromatic rings. The van der Waals surface area contributed by atoms with Crippen molar-refractivity contribution in [3.05, 3.63) is 77.9 Å². The third-order valence-corrected chi connectivity index (χ3v) is 3.36. The van der Waals surface area contributed by atoms with Gasteiger partial charge in [-0.15, -0.1) is 0 Å². The van der Waals surface area contributed by atoms with Gasteiger partial charge < -0.3 is 9.84 Å². The van der Waals surface area contributed by atoms with Gasteiger partial charge in [-0.25, -0.2) is 0 Å². The van der Waals surface area contributed by atoms with E-state index in [1.807, 2.05) is 60.7 Å². The van der Waals surface area contributed by atoms with Crippen LogP contribution < -0.4 is 4.74 Å². The molecule has 4 nitrogen and oxygen atoms in total. The summed E-state index contributed by atoms with van der Waals surface area (Å²) in [6.45, 7) is 3.60. The molecule has 4 heteroatoms. The Morgan fingerprint density at radius 2 is 1.75 bits per heavy atom. The van der Waals surface area contributed by atoms with E-state index < -0.39 is 0 Å². The lowest BCUT2D eigenvalue weighted by atomic mass is 9.98. The smallest absolute Gasteiger partial charge is 0.143 e. The molecule has 1 N–H and O–H groups in total. The van der Waals surface area contributed by atoms with Crippen molar-refractivity contribution in [1.29, 1.82) is 10.5 Å². The fourth-order valence-electron chi connectivity index (χ4n) is 2.30. The maximum absolute atomic E-state index is 9.66. The molecular weight excluding hydrogens is 300 g/mol. The third-order valence-electron chi connectivity index (χ3n) is 3.36. The van der Waals surface area contributed by atoms with Crippen LogP contribution in [0.1, 0.15) is 29.2 Å². The minimum absolute atomic E-state index is 0. The van der Waals surface area contributed by atoms with Gasteiger partial charge in [-0.1, -0.05) is 55.1 Å². The highest BCUT2D eigenvalue weighted by Gasteiger charge is 2.19. The average Bonchev–Trinajstić information content (AvgIpc) is 2.62. The van der Waals surface area contributed by atoms with Crippen molar-refractivity contribution < 1.29 is 9.84 Å². The van der Waals surface area contributed by atoms with Crippen LogP contribution in [0, 0.1) is 22.7 Å². The van der Waals surface area contributed by atoms with E-state index in [1.54, 1.807) is 12.1 Å². The Morgan fingerprint density at radius 1 is 1.08 bits per heavy atom. The molecule has 0 saturated heterocycles. The Kier molecular flexibility index (Phi) is 5.77. The molecule has 0 aromatic heterocycles. The quantitative estimate of drug-likeness (QED) is 0.808. The van der Waals surface area contributed by atoms with Crippen molar-refractivity contribution in [1.82, 2.24) is 0 Å². The van der Waals surface area contributed by atoms with Gasteiger partial charge in [-0.05, 0) is 12.1 Å². The zero-order chi connectivity index (χ0) is 17.4. The molecule has 1 aliphatic rings. The first-order valence-electron chi connectivity index (χ1n) is 7.32. The highest BCUT2D eigenvalue weighted by atomic mass is 16.5. The van der Waals surface area contributed by atoms with Gasteiger partial charge in [0.15, 0.2) is 0 Å². The minimum Gasteiger partial charge on any atom is -0.508 e. The number of benzene rings is 2. The maximum atomic E-state index is 9.66. The van der Waals surface area contributed by atoms with E-state index in [0.29, 0.717) is 0 Å². The summed E-state index contributed by atoms with van der Waals surface area (Å²) in [5, 5.41) is 24.8. The number of fused-ring (bicyclic) bond motifs is 1. The van der Waals surface area contributed by atoms with Gasteiger partial charge in [0, 0.05) is 16.7 Å². The Labute approximate surface area is 141 Å². The summed E-state index contributed by atoms with van der Waals surface area (Å²) in [7, 11) is 0. The van der Waals surface area contributed by atoms with Crippen LogP contribution in [0.2, 0.25) is 0 Å². The van der Waals surface area contributed by atoms with E-state index >= 15 is 0 Å². The van der Waals surface area contributed by atoms with Gasteiger partial charge in [-0.2, -0.15) is 10.5 Å². The number of hydrogen-bond acceptors (Lipinski definition) is 4. The molecule has 118 valence electrons. The molecule has 0 radical (unpaired) electrons. The number of aliphatic hydroxyl groups excluding tert-OH is 1. The van der Waals surface area contributed by atoms with E-state index in [4.69, 9.17) is 15.3 Å². The molecule has 1 atom stereocenters. The van der Waals surface area contributed by atoms with Crippen LogP contribution in [0.25, 0.3) is 11.8 Å². The summed E-state index contributed by atoms with van der Waals surface area (Å²) in [4.78, 5) is 0. The maximum Gasteiger partial charge on any atom is 0.143 e. The average molecular weight is 316 g/mol. The number of nitrogens with zero attached hydrogens (tertiary/aromatic N) is 2. The molecule has 0 saturated carbocycles. The summed E-state index contributed by atoms with van der Waals surface area (Å²) in [5.41, 5.74) is 2.70. The number of hydrogen-bond donors (Lipinski definition) is 1. The second-order valence-electron chi connectivity index (χ2n) is 4.96. The molecular formula is C20H16N2O2. The summed E-state index contributed by atoms with van der Waals surface area (Å²) < 4.78 is 5.97. The number of nitriles is 2. The molecule has 0 spiro atoms. The Bertz CT molecular complexity index is 829. The van der Waals surface area contributed by atoms with E-state index in [0.717, 1.165) is 22.4 Å². The first-order chi connectivity index (χ1) is 11.7. The van der Waals surface area contributed by atoms with Crippen LogP contribution in [-0.2, 0) is 0 Å². The Balaban J connectivity index is 0.000000368. The number of rotatable bonds is 2. The number of para-hydroxylation sites is 1. The predicted octanol–water partition coefficient (Wildman–Crippen LogP) is 4.79. The van der Waals surface area contributed by atoms with Gasteiger partial charge >= 0.3 is 0 Å². The van der Waals surface area contributed by atoms with Gasteiger partial charge in [0.05, 0.1) is 12.1 Å². The number of aliphatic hydroxyl groups is 1. The van der Waals surface area contributed by atoms with E-state index in [9.17, 15) is 5.11 Å². The number of ether oxygens (including phenoxy) is 1. The highest BCUT2D eigenvalue weighted by Crippen LogP contribution is 2.34. The molecule has 1 heterocycles. The van der Waals surface area contributed by atoms with Crippen LogP contribution in [0.4, 0.5) is 0 Å². The van der Waals surface area contributed by atoms with Crippen LogP contribution >= 0.6 is 0 Å². The van der Waals surface area contributed by atoms with Crippen molar-refractivity contribution in [3.63, 3.8) is 0 Å². The van der Waals surface area contributed by atoms with Crippen LogP contribution in [0.3, 0.4) is 0 Å². The van der Waals surface area contributed by atoms with E-state index in [2.05, 4.69) is 6.58 Å². The lowest BCUT2D eigenvalue weighted by molar-refractivity contribution is 0.251. The summed E-state index contributed by atoms with van der Waals surface area (Å²) in [5.74, 6) is 0.916. The van der Waals surface area contributed by atoms with Crippen molar-refractivity contribution in [2.24, 2.45) is 0 Å². The minimum atomic E-state index is -0.199. The van der Waals surface area contributed by atoms with Crippen molar-refractivity contribution >= 4 is 11.8 Å². The fourth-order valence-corrected chi connectivity index (χ4v) is 2.30. The summed E-state index contributed by atoms with van der Waals surface area (Å²) >= 11 is 0. The Morgan fingerprint density at radius 3 is 2.42 bits per heavy atom. The van der Waals surface area contributed by atoms with Crippen LogP contribution in [0.5, 0.6) is 5.75 Å². The lowest BCUT2D eigenvalue weighted by Gasteiger charge is -2.23.